The van der Waals surface area contributed by atoms with Crippen molar-refractivity contribution < 1.29 is 4.79 Å². The fraction of sp³-hybridized carbons (Fsp3) is 0.316. The number of thioether (sulfide) groups is 1. The summed E-state index contributed by atoms with van der Waals surface area (Å²) in [7, 11) is 0. The first-order chi connectivity index (χ1) is 12.3. The Morgan fingerprint density at radius 1 is 1.23 bits per heavy atom. The van der Waals surface area contributed by atoms with E-state index in [-0.39, 0.29) is 22.3 Å². The molecule has 0 saturated carbocycles. The number of benzene rings is 1. The van der Waals surface area contributed by atoms with Gasteiger partial charge in [0.15, 0.2) is 5.16 Å². The summed E-state index contributed by atoms with van der Waals surface area (Å²) < 4.78 is 2.20. The number of fused-ring (bicyclic) bond motifs is 1. The first-order valence-electron chi connectivity index (χ1n) is 8.30. The largest absolute Gasteiger partial charge is 0.351 e. The van der Waals surface area contributed by atoms with Crippen LogP contribution in [0.2, 0.25) is 0 Å². The lowest BCUT2D eigenvalue weighted by molar-refractivity contribution is -0.121. The fourth-order valence-corrected chi connectivity index (χ4v) is 4.15. The summed E-state index contributed by atoms with van der Waals surface area (Å²) in [5, 5.41) is 4.97. The van der Waals surface area contributed by atoms with Crippen molar-refractivity contribution in [2.75, 3.05) is 0 Å². The zero-order chi connectivity index (χ0) is 18.9. The van der Waals surface area contributed by atoms with Crippen LogP contribution in [0.5, 0.6) is 0 Å². The van der Waals surface area contributed by atoms with E-state index in [0.717, 1.165) is 5.69 Å². The number of para-hydroxylation sites is 1. The van der Waals surface area contributed by atoms with Gasteiger partial charge < -0.3 is 5.32 Å². The molecule has 1 amide bonds. The van der Waals surface area contributed by atoms with E-state index in [4.69, 9.17) is 0 Å². The number of nitrogens with zero attached hydrogens (tertiary/aromatic N) is 2. The van der Waals surface area contributed by atoms with E-state index < -0.39 is 0 Å². The van der Waals surface area contributed by atoms with Crippen molar-refractivity contribution in [3.8, 4) is 5.69 Å². The third-order valence-electron chi connectivity index (χ3n) is 3.61. The Kier molecular flexibility index (Phi) is 5.20. The van der Waals surface area contributed by atoms with Crippen LogP contribution in [0.25, 0.3) is 15.9 Å². The molecule has 7 heteroatoms. The normalized spacial score (nSPS) is 12.9. The minimum absolute atomic E-state index is 0.0817. The van der Waals surface area contributed by atoms with Crippen LogP contribution in [0, 0.1) is 0 Å². The van der Waals surface area contributed by atoms with Gasteiger partial charge in [-0.3, -0.25) is 14.2 Å². The van der Waals surface area contributed by atoms with Gasteiger partial charge in [0.25, 0.3) is 5.56 Å². The smallest absolute Gasteiger partial charge is 0.276 e. The summed E-state index contributed by atoms with van der Waals surface area (Å²) in [5.74, 6) is -0.0817. The molecule has 2 heterocycles. The second-order valence-electron chi connectivity index (χ2n) is 7.00. The standard InChI is InChI=1S/C19H21N3O2S2/c1-12(16(23)21-19(2,3)4)26-18-20-14-10-11-25-15(14)17(24)22(18)13-8-6-5-7-9-13/h5-12H,1-4H3,(H,21,23). The lowest BCUT2D eigenvalue weighted by atomic mass is 10.1. The Morgan fingerprint density at radius 3 is 2.58 bits per heavy atom. The number of aromatic nitrogens is 2. The van der Waals surface area contributed by atoms with Crippen molar-refractivity contribution >= 4 is 39.2 Å². The Morgan fingerprint density at radius 2 is 1.92 bits per heavy atom. The average Bonchev–Trinajstić information content (AvgIpc) is 3.03. The number of hydrogen-bond acceptors (Lipinski definition) is 5. The van der Waals surface area contributed by atoms with E-state index in [1.165, 1.54) is 23.1 Å². The minimum atomic E-state index is -0.382. The second kappa shape index (κ2) is 7.25. The number of nitrogens with one attached hydrogen (secondary N) is 1. The average molecular weight is 388 g/mol. The van der Waals surface area contributed by atoms with Crippen molar-refractivity contribution in [3.05, 3.63) is 52.1 Å². The summed E-state index contributed by atoms with van der Waals surface area (Å²) in [6.07, 6.45) is 0. The monoisotopic (exact) mass is 387 g/mol. The molecule has 26 heavy (non-hydrogen) atoms. The van der Waals surface area contributed by atoms with E-state index in [0.29, 0.717) is 15.4 Å². The van der Waals surface area contributed by atoms with Gasteiger partial charge in [-0.1, -0.05) is 30.0 Å². The maximum absolute atomic E-state index is 13.0. The van der Waals surface area contributed by atoms with Gasteiger partial charge in [-0.15, -0.1) is 11.3 Å². The van der Waals surface area contributed by atoms with Crippen molar-refractivity contribution in [1.82, 2.24) is 14.9 Å². The molecule has 3 aromatic rings. The van der Waals surface area contributed by atoms with E-state index in [1.54, 1.807) is 4.57 Å². The van der Waals surface area contributed by atoms with Crippen molar-refractivity contribution in [2.45, 2.75) is 43.6 Å². The first-order valence-corrected chi connectivity index (χ1v) is 10.1. The molecule has 136 valence electrons. The predicted molar refractivity (Wildman–Crippen MR) is 108 cm³/mol. The predicted octanol–water partition coefficient (Wildman–Crippen LogP) is 3.84. The molecular weight excluding hydrogens is 366 g/mol. The second-order valence-corrected chi connectivity index (χ2v) is 9.23. The quantitative estimate of drug-likeness (QED) is 0.546. The number of carbonyl (C=O) groups is 1. The van der Waals surface area contributed by atoms with Crippen LogP contribution in [0.4, 0.5) is 0 Å². The van der Waals surface area contributed by atoms with Crippen LogP contribution in [0.15, 0.2) is 51.7 Å². The minimum Gasteiger partial charge on any atom is -0.351 e. The van der Waals surface area contributed by atoms with Gasteiger partial charge in [-0.25, -0.2) is 4.98 Å². The van der Waals surface area contributed by atoms with Gasteiger partial charge in [0.1, 0.15) is 4.70 Å². The molecule has 0 aliphatic heterocycles. The number of carbonyl (C=O) groups excluding carboxylic acids is 1. The molecule has 2 aromatic heterocycles. The Balaban J connectivity index is 2.05. The van der Waals surface area contributed by atoms with Crippen molar-refractivity contribution in [1.29, 1.82) is 0 Å². The van der Waals surface area contributed by atoms with Gasteiger partial charge in [0.2, 0.25) is 5.91 Å². The van der Waals surface area contributed by atoms with E-state index in [2.05, 4.69) is 10.3 Å². The molecule has 0 radical (unpaired) electrons. The van der Waals surface area contributed by atoms with Gasteiger partial charge in [-0.05, 0) is 51.3 Å². The molecule has 0 fully saturated rings. The number of thiophene rings is 1. The highest BCUT2D eigenvalue weighted by molar-refractivity contribution is 8.00. The van der Waals surface area contributed by atoms with E-state index in [9.17, 15) is 9.59 Å². The van der Waals surface area contributed by atoms with Crippen LogP contribution in [0.1, 0.15) is 27.7 Å². The highest BCUT2D eigenvalue weighted by atomic mass is 32.2. The highest BCUT2D eigenvalue weighted by Gasteiger charge is 2.23. The molecule has 0 bridgehead atoms. The summed E-state index contributed by atoms with van der Waals surface area (Å²) in [4.78, 5) is 30.1. The third kappa shape index (κ3) is 3.99. The summed E-state index contributed by atoms with van der Waals surface area (Å²) in [5.41, 5.74) is 0.988. The summed E-state index contributed by atoms with van der Waals surface area (Å²) in [6.45, 7) is 7.65. The number of amides is 1. The van der Waals surface area contributed by atoms with Crippen molar-refractivity contribution in [3.63, 3.8) is 0 Å². The third-order valence-corrected chi connectivity index (χ3v) is 5.56. The lowest BCUT2D eigenvalue weighted by Crippen LogP contribution is -2.44. The topological polar surface area (TPSA) is 64.0 Å². The molecule has 1 atom stereocenters. The number of rotatable bonds is 4. The maximum Gasteiger partial charge on any atom is 0.276 e. The summed E-state index contributed by atoms with van der Waals surface area (Å²) >= 11 is 2.67. The zero-order valence-electron chi connectivity index (χ0n) is 15.1. The molecular formula is C19H21N3O2S2. The van der Waals surface area contributed by atoms with Crippen LogP contribution >= 0.6 is 23.1 Å². The molecule has 1 unspecified atom stereocenters. The van der Waals surface area contributed by atoms with Crippen LogP contribution in [0.3, 0.4) is 0 Å². The van der Waals surface area contributed by atoms with Crippen molar-refractivity contribution in [2.24, 2.45) is 0 Å². The summed E-state index contributed by atoms with van der Waals surface area (Å²) in [6, 6.07) is 11.2. The van der Waals surface area contributed by atoms with E-state index in [1.807, 2.05) is 69.5 Å². The zero-order valence-corrected chi connectivity index (χ0v) is 16.8. The van der Waals surface area contributed by atoms with Crippen LogP contribution in [-0.4, -0.2) is 26.2 Å². The maximum atomic E-state index is 13.0. The molecule has 0 aliphatic carbocycles. The lowest BCUT2D eigenvalue weighted by Gasteiger charge is -2.23. The van der Waals surface area contributed by atoms with Gasteiger partial charge in [-0.2, -0.15) is 0 Å². The first kappa shape index (κ1) is 18.7. The highest BCUT2D eigenvalue weighted by Crippen LogP contribution is 2.26. The molecule has 5 nitrogen and oxygen atoms in total. The molecule has 1 aromatic carbocycles. The molecule has 0 spiro atoms. The Labute approximate surface area is 160 Å². The van der Waals surface area contributed by atoms with Crippen LogP contribution in [-0.2, 0) is 4.79 Å². The van der Waals surface area contributed by atoms with Crippen LogP contribution < -0.4 is 10.9 Å². The Bertz CT molecular complexity index is 987. The SMILES string of the molecule is CC(Sc1nc2ccsc2c(=O)n1-c1ccccc1)C(=O)NC(C)(C)C. The molecule has 0 aliphatic rings. The van der Waals surface area contributed by atoms with Gasteiger partial charge in [0, 0.05) is 5.54 Å². The molecule has 1 N–H and O–H groups in total. The van der Waals surface area contributed by atoms with E-state index >= 15 is 0 Å². The van der Waals surface area contributed by atoms with Gasteiger partial charge >= 0.3 is 0 Å². The molecule has 3 rings (SSSR count). The Hall–Kier alpha value is -2.12. The molecule has 0 saturated heterocycles. The van der Waals surface area contributed by atoms with Gasteiger partial charge in [0.05, 0.1) is 16.5 Å². The number of hydrogen-bond donors (Lipinski definition) is 1. The fourth-order valence-electron chi connectivity index (χ4n) is 2.46.